The van der Waals surface area contributed by atoms with Gasteiger partial charge in [-0.2, -0.15) is 0 Å². The SMILES string of the molecule is C=C(F)C1(C)CCC[C@H](NC(=O)CCN)/C(C)=C(CNC=O)/C(CC)=N\1. The minimum Gasteiger partial charge on any atom is -0.355 e. The molecule has 146 valence electrons. The Kier molecular flexibility index (Phi) is 8.65. The lowest BCUT2D eigenvalue weighted by atomic mass is 9.92. The fraction of sp³-hybridized carbons (Fsp3) is 0.632. The molecule has 0 aromatic rings. The third-order valence-electron chi connectivity index (χ3n) is 4.87. The molecule has 1 aliphatic heterocycles. The van der Waals surface area contributed by atoms with Crippen molar-refractivity contribution in [2.24, 2.45) is 10.7 Å². The van der Waals surface area contributed by atoms with Crippen LogP contribution in [0.1, 0.15) is 52.9 Å². The molecular weight excluding hydrogens is 335 g/mol. The summed E-state index contributed by atoms with van der Waals surface area (Å²) >= 11 is 0. The monoisotopic (exact) mass is 366 g/mol. The highest BCUT2D eigenvalue weighted by atomic mass is 19.1. The topological polar surface area (TPSA) is 96.6 Å². The zero-order chi connectivity index (χ0) is 19.7. The van der Waals surface area contributed by atoms with E-state index in [0.29, 0.717) is 32.1 Å². The fourth-order valence-electron chi connectivity index (χ4n) is 3.18. The van der Waals surface area contributed by atoms with Crippen molar-refractivity contribution in [3.63, 3.8) is 0 Å². The molecule has 1 rings (SSSR count). The van der Waals surface area contributed by atoms with E-state index >= 15 is 0 Å². The first-order valence-electron chi connectivity index (χ1n) is 9.09. The van der Waals surface area contributed by atoms with Gasteiger partial charge in [0.25, 0.3) is 0 Å². The lowest BCUT2D eigenvalue weighted by molar-refractivity contribution is -0.121. The summed E-state index contributed by atoms with van der Waals surface area (Å²) in [7, 11) is 0. The van der Waals surface area contributed by atoms with Gasteiger partial charge in [-0.25, -0.2) is 4.39 Å². The first-order valence-corrected chi connectivity index (χ1v) is 9.09. The van der Waals surface area contributed by atoms with E-state index < -0.39 is 11.4 Å². The van der Waals surface area contributed by atoms with Crippen molar-refractivity contribution in [3.05, 3.63) is 23.6 Å². The van der Waals surface area contributed by atoms with Crippen LogP contribution in [0.15, 0.2) is 28.5 Å². The number of hydrogen-bond donors (Lipinski definition) is 3. The summed E-state index contributed by atoms with van der Waals surface area (Å²) in [5.74, 6) is -0.596. The van der Waals surface area contributed by atoms with Gasteiger partial charge in [0.05, 0.1) is 6.04 Å². The Bertz CT molecular complexity index is 600. The minimum absolute atomic E-state index is 0.119. The first kappa shape index (κ1) is 22.0. The molecule has 1 aliphatic rings. The van der Waals surface area contributed by atoms with Crippen LogP contribution < -0.4 is 16.4 Å². The van der Waals surface area contributed by atoms with E-state index in [-0.39, 0.29) is 31.5 Å². The Labute approximate surface area is 155 Å². The van der Waals surface area contributed by atoms with Crippen molar-refractivity contribution in [1.29, 1.82) is 0 Å². The number of carbonyl (C=O) groups is 2. The maximum Gasteiger partial charge on any atom is 0.221 e. The number of hydrogen-bond acceptors (Lipinski definition) is 4. The number of rotatable bonds is 8. The van der Waals surface area contributed by atoms with Gasteiger partial charge in [0.1, 0.15) is 11.4 Å². The van der Waals surface area contributed by atoms with Gasteiger partial charge in [-0.15, -0.1) is 0 Å². The van der Waals surface area contributed by atoms with E-state index in [1.807, 2.05) is 13.8 Å². The second-order valence-corrected chi connectivity index (χ2v) is 6.80. The lowest BCUT2D eigenvalue weighted by Crippen LogP contribution is -2.38. The van der Waals surface area contributed by atoms with E-state index in [0.717, 1.165) is 16.9 Å². The predicted molar refractivity (Wildman–Crippen MR) is 103 cm³/mol. The molecule has 7 heteroatoms. The van der Waals surface area contributed by atoms with Gasteiger partial charge in [0.2, 0.25) is 12.3 Å². The largest absolute Gasteiger partial charge is 0.355 e. The van der Waals surface area contributed by atoms with Crippen LogP contribution in [0.4, 0.5) is 4.39 Å². The Balaban J connectivity index is 3.36. The number of halogens is 1. The van der Waals surface area contributed by atoms with Gasteiger partial charge in [0, 0.05) is 25.2 Å². The van der Waals surface area contributed by atoms with Crippen molar-refractivity contribution in [2.45, 2.75) is 64.5 Å². The van der Waals surface area contributed by atoms with Crippen molar-refractivity contribution in [1.82, 2.24) is 10.6 Å². The summed E-state index contributed by atoms with van der Waals surface area (Å²) < 4.78 is 14.1. The van der Waals surface area contributed by atoms with Crippen LogP contribution in [-0.4, -0.2) is 42.7 Å². The smallest absolute Gasteiger partial charge is 0.221 e. The van der Waals surface area contributed by atoms with Crippen LogP contribution in [0.5, 0.6) is 0 Å². The number of aliphatic imine (C=N–C) groups is 1. The summed E-state index contributed by atoms with van der Waals surface area (Å²) in [6.45, 7) is 9.63. The molecular formula is C19H31FN4O2. The molecule has 0 aromatic carbocycles. The molecule has 0 aliphatic carbocycles. The Morgan fingerprint density at radius 1 is 1.54 bits per heavy atom. The third-order valence-corrected chi connectivity index (χ3v) is 4.87. The Morgan fingerprint density at radius 2 is 2.23 bits per heavy atom. The number of amides is 2. The highest BCUT2D eigenvalue weighted by molar-refractivity contribution is 6.01. The molecule has 0 spiro atoms. The maximum absolute atomic E-state index is 14.1. The molecule has 2 amide bonds. The number of carbonyl (C=O) groups excluding carboxylic acids is 2. The predicted octanol–water partition coefficient (Wildman–Crippen LogP) is 2.16. The van der Waals surface area contributed by atoms with Crippen molar-refractivity contribution in [3.8, 4) is 0 Å². The van der Waals surface area contributed by atoms with E-state index in [4.69, 9.17) is 5.73 Å². The zero-order valence-corrected chi connectivity index (χ0v) is 16.0. The Hall–Kier alpha value is -2.02. The van der Waals surface area contributed by atoms with Crippen LogP contribution in [0.3, 0.4) is 0 Å². The molecule has 0 saturated carbocycles. The van der Waals surface area contributed by atoms with E-state index in [1.54, 1.807) is 6.92 Å². The zero-order valence-electron chi connectivity index (χ0n) is 16.0. The number of nitrogens with zero attached hydrogens (tertiary/aromatic N) is 1. The van der Waals surface area contributed by atoms with Gasteiger partial charge >= 0.3 is 0 Å². The standard InChI is InChI=1S/C19H31FN4O2/c1-5-16-15(11-22-12-25)13(2)17(23-18(26)8-10-21)7-6-9-19(4,24-16)14(3)20/h12,17H,3,5-11,21H2,1-2,4H3,(H,22,25)(H,23,26)/b15-13+,24-16-/t17-,19?/m0/s1. The van der Waals surface area contributed by atoms with Gasteiger partial charge in [-0.05, 0) is 50.7 Å². The molecule has 6 nitrogen and oxygen atoms in total. The molecule has 26 heavy (non-hydrogen) atoms. The summed E-state index contributed by atoms with van der Waals surface area (Å²) in [6, 6.07) is -0.204. The molecule has 0 saturated heterocycles. The minimum atomic E-state index is -1.01. The number of nitrogens with two attached hydrogens (primary N) is 1. The average Bonchev–Trinajstić information content (AvgIpc) is 2.63. The fourth-order valence-corrected chi connectivity index (χ4v) is 3.18. The van der Waals surface area contributed by atoms with Crippen molar-refractivity contribution in [2.75, 3.05) is 13.1 Å². The summed E-state index contributed by atoms with van der Waals surface area (Å²) in [6.07, 6.45) is 3.28. The molecule has 4 N–H and O–H groups in total. The molecule has 1 heterocycles. The Morgan fingerprint density at radius 3 is 2.77 bits per heavy atom. The van der Waals surface area contributed by atoms with Gasteiger partial charge in [0.15, 0.2) is 0 Å². The molecule has 0 aromatic heterocycles. The lowest BCUT2D eigenvalue weighted by Gasteiger charge is -2.24. The number of nitrogens with one attached hydrogen (secondary N) is 2. The quantitative estimate of drug-likeness (QED) is 0.574. The van der Waals surface area contributed by atoms with Crippen LogP contribution in [0, 0.1) is 0 Å². The second kappa shape index (κ2) is 10.2. The molecule has 1 unspecified atom stereocenters. The second-order valence-electron chi connectivity index (χ2n) is 6.80. The summed E-state index contributed by atoms with van der Waals surface area (Å²) in [5, 5.41) is 5.68. The highest BCUT2D eigenvalue weighted by Crippen LogP contribution is 2.32. The van der Waals surface area contributed by atoms with Gasteiger partial charge in [-0.3, -0.25) is 14.6 Å². The molecule has 2 atom stereocenters. The van der Waals surface area contributed by atoms with E-state index in [2.05, 4.69) is 22.2 Å². The van der Waals surface area contributed by atoms with E-state index in [9.17, 15) is 14.0 Å². The summed E-state index contributed by atoms with van der Waals surface area (Å²) in [5.41, 5.74) is 6.93. The highest BCUT2D eigenvalue weighted by Gasteiger charge is 2.31. The van der Waals surface area contributed by atoms with Crippen LogP contribution >= 0.6 is 0 Å². The van der Waals surface area contributed by atoms with Crippen LogP contribution in [0.2, 0.25) is 0 Å². The molecule has 0 radical (unpaired) electrons. The van der Waals surface area contributed by atoms with Gasteiger partial charge in [-0.1, -0.05) is 13.5 Å². The normalized spacial score (nSPS) is 28.8. The van der Waals surface area contributed by atoms with Crippen molar-refractivity contribution < 1.29 is 14.0 Å². The first-order chi connectivity index (χ1) is 12.3. The third kappa shape index (κ3) is 5.76. The van der Waals surface area contributed by atoms with Crippen LogP contribution in [0.25, 0.3) is 0 Å². The molecule has 0 fully saturated rings. The van der Waals surface area contributed by atoms with Crippen molar-refractivity contribution >= 4 is 18.0 Å². The maximum atomic E-state index is 14.1. The van der Waals surface area contributed by atoms with E-state index in [1.165, 1.54) is 0 Å². The average molecular weight is 366 g/mol. The van der Waals surface area contributed by atoms with Gasteiger partial charge < -0.3 is 16.4 Å². The molecule has 0 bridgehead atoms. The van der Waals surface area contributed by atoms with Crippen LogP contribution in [-0.2, 0) is 9.59 Å². The summed E-state index contributed by atoms with van der Waals surface area (Å²) in [4.78, 5) is 27.6.